The maximum Gasteiger partial charge on any atom is 0.415 e. The molecule has 2 fully saturated rings. The first-order valence-corrected chi connectivity index (χ1v) is 10.7. The fourth-order valence-corrected chi connectivity index (χ4v) is 4.68. The lowest BCUT2D eigenvalue weighted by molar-refractivity contribution is -0.125. The van der Waals surface area contributed by atoms with Crippen LogP contribution in [0.3, 0.4) is 0 Å². The molecular formula is C19H17ClN4O6S. The molecule has 2 aromatic rings. The number of cyclic esters (lactones) is 1. The molecule has 0 aromatic carbocycles. The van der Waals surface area contributed by atoms with E-state index in [4.69, 9.17) is 25.8 Å². The van der Waals surface area contributed by atoms with Gasteiger partial charge in [-0.05, 0) is 12.1 Å². The SMILES string of the molecule is O=C(NC[C@@H]1OC(=O)N2c3cnc(N4CCOCC4=O)cc3OC[C@@H]12)c1ccc(Cl)s1. The highest BCUT2D eigenvalue weighted by atomic mass is 35.5. The molecule has 5 rings (SSSR count). The molecule has 0 aliphatic carbocycles. The number of fused-ring (bicyclic) bond motifs is 3. The second-order valence-electron chi connectivity index (χ2n) is 7.09. The Kier molecular flexibility index (Phi) is 5.16. The van der Waals surface area contributed by atoms with Crippen molar-refractivity contribution in [1.82, 2.24) is 10.3 Å². The van der Waals surface area contributed by atoms with Gasteiger partial charge in [-0.1, -0.05) is 11.6 Å². The lowest BCUT2D eigenvalue weighted by Crippen LogP contribution is -2.48. The zero-order valence-corrected chi connectivity index (χ0v) is 17.6. The van der Waals surface area contributed by atoms with Crippen LogP contribution in [0.15, 0.2) is 24.4 Å². The first-order chi connectivity index (χ1) is 15.0. The van der Waals surface area contributed by atoms with E-state index in [1.54, 1.807) is 18.2 Å². The minimum absolute atomic E-state index is 0.00518. The van der Waals surface area contributed by atoms with E-state index in [-0.39, 0.29) is 31.6 Å². The second kappa shape index (κ2) is 7.98. The highest BCUT2D eigenvalue weighted by molar-refractivity contribution is 7.18. The van der Waals surface area contributed by atoms with Gasteiger partial charge < -0.3 is 19.5 Å². The molecule has 12 heteroatoms. The van der Waals surface area contributed by atoms with Crippen molar-refractivity contribution in [3.63, 3.8) is 0 Å². The van der Waals surface area contributed by atoms with Gasteiger partial charge in [0.25, 0.3) is 11.8 Å². The largest absolute Gasteiger partial charge is 0.489 e. The van der Waals surface area contributed by atoms with Crippen LogP contribution in [0.4, 0.5) is 16.3 Å². The standard InChI is InChI=1S/C19H17ClN4O6S/c20-15-2-1-14(31-15)18(26)22-7-13-11-8-29-12-5-16(23-3-4-28-9-17(23)25)21-6-10(12)24(11)19(27)30-13/h1-2,5-6,11,13H,3-4,7-9H2,(H,22,26)/t11-,13-/m0/s1. The Morgan fingerprint density at radius 1 is 1.35 bits per heavy atom. The van der Waals surface area contributed by atoms with Crippen LogP contribution in [0, 0.1) is 0 Å². The van der Waals surface area contributed by atoms with Gasteiger partial charge in [0.2, 0.25) is 0 Å². The number of morpholine rings is 1. The second-order valence-corrected chi connectivity index (χ2v) is 8.81. The Morgan fingerprint density at radius 3 is 3.00 bits per heavy atom. The van der Waals surface area contributed by atoms with Crippen LogP contribution in [0.5, 0.6) is 5.75 Å². The molecule has 10 nitrogen and oxygen atoms in total. The Labute approximate surface area is 185 Å². The van der Waals surface area contributed by atoms with Crippen LogP contribution in [-0.2, 0) is 14.3 Å². The number of nitrogens with one attached hydrogen (secondary N) is 1. The van der Waals surface area contributed by atoms with Crippen LogP contribution < -0.4 is 19.9 Å². The van der Waals surface area contributed by atoms with Crippen LogP contribution in [-0.4, -0.2) is 67.9 Å². The number of halogens is 1. The summed E-state index contributed by atoms with van der Waals surface area (Å²) < 4.78 is 17.0. The molecule has 0 spiro atoms. The number of ether oxygens (including phenoxy) is 3. The molecule has 162 valence electrons. The van der Waals surface area contributed by atoms with Gasteiger partial charge in [-0.25, -0.2) is 9.78 Å². The van der Waals surface area contributed by atoms with E-state index in [1.807, 2.05) is 0 Å². The van der Waals surface area contributed by atoms with Crippen molar-refractivity contribution >= 4 is 52.4 Å². The predicted octanol–water partition coefficient (Wildman–Crippen LogP) is 1.68. The minimum atomic E-state index is -0.583. The van der Waals surface area contributed by atoms with Crippen molar-refractivity contribution in [1.29, 1.82) is 0 Å². The first kappa shape index (κ1) is 20.0. The summed E-state index contributed by atoms with van der Waals surface area (Å²) in [7, 11) is 0. The van der Waals surface area contributed by atoms with Gasteiger partial charge in [-0.15, -0.1) is 11.3 Å². The topological polar surface area (TPSA) is 110 Å². The molecule has 31 heavy (non-hydrogen) atoms. The van der Waals surface area contributed by atoms with E-state index in [9.17, 15) is 14.4 Å². The predicted molar refractivity (Wildman–Crippen MR) is 111 cm³/mol. The van der Waals surface area contributed by atoms with Crippen molar-refractivity contribution < 1.29 is 28.6 Å². The van der Waals surface area contributed by atoms with Crippen molar-refractivity contribution in [2.45, 2.75) is 12.1 Å². The smallest absolute Gasteiger partial charge is 0.415 e. The maximum absolute atomic E-state index is 12.5. The van der Waals surface area contributed by atoms with E-state index in [0.29, 0.717) is 39.6 Å². The number of thiophene rings is 1. The number of carbonyl (C=O) groups is 3. The van der Waals surface area contributed by atoms with Gasteiger partial charge in [0.15, 0.2) is 0 Å². The van der Waals surface area contributed by atoms with Crippen molar-refractivity contribution in [3.8, 4) is 5.75 Å². The Bertz CT molecular complexity index is 1060. The van der Waals surface area contributed by atoms with Crippen LogP contribution in [0.1, 0.15) is 9.67 Å². The third-order valence-corrected chi connectivity index (χ3v) is 6.46. The molecule has 2 saturated heterocycles. The molecule has 0 bridgehead atoms. The molecule has 5 heterocycles. The van der Waals surface area contributed by atoms with Crippen molar-refractivity contribution in [2.24, 2.45) is 0 Å². The van der Waals surface area contributed by atoms with Gasteiger partial charge in [-0.2, -0.15) is 0 Å². The summed E-state index contributed by atoms with van der Waals surface area (Å²) in [5.41, 5.74) is 0.463. The number of nitrogens with zero attached hydrogens (tertiary/aromatic N) is 3. The quantitative estimate of drug-likeness (QED) is 0.732. The molecular weight excluding hydrogens is 448 g/mol. The summed E-state index contributed by atoms with van der Waals surface area (Å²) >= 11 is 7.04. The van der Waals surface area contributed by atoms with Gasteiger partial charge in [0.05, 0.1) is 35.1 Å². The maximum atomic E-state index is 12.5. The molecule has 3 aliphatic heterocycles. The van der Waals surface area contributed by atoms with Crippen LogP contribution in [0.25, 0.3) is 0 Å². The summed E-state index contributed by atoms with van der Waals surface area (Å²) in [6.07, 6.45) is 0.376. The summed E-state index contributed by atoms with van der Waals surface area (Å²) in [5, 5.41) is 2.77. The molecule has 0 saturated carbocycles. The van der Waals surface area contributed by atoms with Gasteiger partial charge >= 0.3 is 6.09 Å². The number of pyridine rings is 1. The molecule has 1 N–H and O–H groups in total. The fraction of sp³-hybridized carbons (Fsp3) is 0.368. The number of rotatable bonds is 4. The lowest BCUT2D eigenvalue weighted by Gasteiger charge is -2.32. The zero-order valence-electron chi connectivity index (χ0n) is 16.1. The Morgan fingerprint density at radius 2 is 2.23 bits per heavy atom. The molecule has 2 aromatic heterocycles. The third kappa shape index (κ3) is 3.68. The molecule has 0 unspecified atom stereocenters. The van der Waals surface area contributed by atoms with E-state index in [2.05, 4.69) is 10.3 Å². The number of amides is 3. The molecule has 2 atom stereocenters. The first-order valence-electron chi connectivity index (χ1n) is 9.55. The number of anilines is 2. The Hall–Kier alpha value is -2.89. The number of aromatic nitrogens is 1. The van der Waals surface area contributed by atoms with Gasteiger partial charge in [0, 0.05) is 6.07 Å². The third-order valence-electron chi connectivity index (χ3n) is 5.23. The highest BCUT2D eigenvalue weighted by Crippen LogP contribution is 2.40. The Balaban J connectivity index is 1.30. The zero-order chi connectivity index (χ0) is 21.5. The fourth-order valence-electron chi connectivity index (χ4n) is 3.72. The summed E-state index contributed by atoms with van der Waals surface area (Å²) in [6.45, 7) is 1.15. The van der Waals surface area contributed by atoms with Crippen LogP contribution in [0.2, 0.25) is 4.34 Å². The monoisotopic (exact) mass is 464 g/mol. The van der Waals surface area contributed by atoms with Crippen molar-refractivity contribution in [2.75, 3.05) is 42.7 Å². The average Bonchev–Trinajstić information content (AvgIpc) is 3.35. The van der Waals surface area contributed by atoms with E-state index in [1.165, 1.54) is 27.3 Å². The molecule has 0 radical (unpaired) electrons. The summed E-state index contributed by atoms with van der Waals surface area (Å²) in [5.74, 6) is 0.410. The van der Waals surface area contributed by atoms with Gasteiger partial charge in [0.1, 0.15) is 42.6 Å². The van der Waals surface area contributed by atoms with E-state index < -0.39 is 18.2 Å². The minimum Gasteiger partial charge on any atom is -0.489 e. The highest BCUT2D eigenvalue weighted by Gasteiger charge is 2.47. The van der Waals surface area contributed by atoms with E-state index in [0.717, 1.165) is 0 Å². The molecule has 3 amide bonds. The number of carbonyl (C=O) groups excluding carboxylic acids is 3. The average molecular weight is 465 g/mol. The lowest BCUT2D eigenvalue weighted by atomic mass is 10.1. The summed E-state index contributed by atoms with van der Waals surface area (Å²) in [4.78, 5) is 44.7. The molecule has 3 aliphatic rings. The van der Waals surface area contributed by atoms with Crippen LogP contribution >= 0.6 is 22.9 Å². The number of hydrogen-bond acceptors (Lipinski definition) is 8. The normalized spacial score (nSPS) is 22.5. The van der Waals surface area contributed by atoms with Gasteiger partial charge in [-0.3, -0.25) is 19.4 Å². The van der Waals surface area contributed by atoms with E-state index >= 15 is 0 Å². The summed E-state index contributed by atoms with van der Waals surface area (Å²) in [6, 6.07) is 4.51. The van der Waals surface area contributed by atoms with Crippen molar-refractivity contribution in [3.05, 3.63) is 33.6 Å². The number of hydrogen-bond donors (Lipinski definition) is 1.